The number of carbonyl (C=O) groups excluding carboxylic acids is 1. The van der Waals surface area contributed by atoms with Crippen LogP contribution >= 0.6 is 0 Å². The molecule has 0 aromatic carbocycles. The lowest BCUT2D eigenvalue weighted by molar-refractivity contribution is 0.0773. The minimum Gasteiger partial charge on any atom is -0.369 e. The lowest BCUT2D eigenvalue weighted by Gasteiger charge is -2.18. The number of nitrogens with one attached hydrogen (secondary N) is 1. The molecule has 0 fully saturated rings. The smallest absolute Gasteiger partial charge is 0.273 e. The number of anilines is 1. The van der Waals surface area contributed by atoms with Gasteiger partial charge in [-0.1, -0.05) is 13.8 Å². The van der Waals surface area contributed by atoms with Crippen LogP contribution < -0.4 is 5.32 Å². The van der Waals surface area contributed by atoms with Gasteiger partial charge in [-0.2, -0.15) is 0 Å². The van der Waals surface area contributed by atoms with Gasteiger partial charge in [0.2, 0.25) is 0 Å². The third kappa shape index (κ3) is 4.01. The molecule has 17 heavy (non-hydrogen) atoms. The monoisotopic (exact) mass is 236 g/mol. The van der Waals surface area contributed by atoms with E-state index in [0.717, 1.165) is 13.1 Å². The average molecular weight is 236 g/mol. The number of rotatable bonds is 5. The maximum atomic E-state index is 12.0. The van der Waals surface area contributed by atoms with E-state index in [1.54, 1.807) is 18.1 Å². The fourth-order valence-corrected chi connectivity index (χ4v) is 1.54. The van der Waals surface area contributed by atoms with Gasteiger partial charge in [0, 0.05) is 20.1 Å². The number of carbonyl (C=O) groups is 1. The molecule has 0 radical (unpaired) electrons. The Balaban J connectivity index is 2.69. The van der Waals surface area contributed by atoms with E-state index in [0.29, 0.717) is 17.4 Å². The molecule has 5 nitrogen and oxygen atoms in total. The summed E-state index contributed by atoms with van der Waals surface area (Å²) in [6, 6.07) is 0. The molecule has 0 saturated carbocycles. The standard InChI is InChI=1S/C12H20N4O/c1-5-13-11-7-14-10(6-15-11)12(17)16(4)8-9(2)3/h6-7,9H,5,8H2,1-4H3,(H,13,15). The lowest BCUT2D eigenvalue weighted by Crippen LogP contribution is -2.31. The van der Waals surface area contributed by atoms with Crippen LogP contribution in [0.15, 0.2) is 12.4 Å². The second kappa shape index (κ2) is 6.18. The largest absolute Gasteiger partial charge is 0.369 e. The van der Waals surface area contributed by atoms with Crippen LogP contribution in [0.3, 0.4) is 0 Å². The Labute approximate surface area is 102 Å². The molecule has 94 valence electrons. The summed E-state index contributed by atoms with van der Waals surface area (Å²) in [5.41, 5.74) is 0.384. The number of nitrogens with zero attached hydrogens (tertiary/aromatic N) is 3. The highest BCUT2D eigenvalue weighted by molar-refractivity contribution is 5.91. The quantitative estimate of drug-likeness (QED) is 0.844. The van der Waals surface area contributed by atoms with Crippen molar-refractivity contribution in [3.63, 3.8) is 0 Å². The van der Waals surface area contributed by atoms with Crippen molar-refractivity contribution in [3.05, 3.63) is 18.1 Å². The van der Waals surface area contributed by atoms with Gasteiger partial charge in [-0.15, -0.1) is 0 Å². The van der Waals surface area contributed by atoms with Gasteiger partial charge in [0.1, 0.15) is 11.5 Å². The highest BCUT2D eigenvalue weighted by Gasteiger charge is 2.14. The first-order valence-electron chi connectivity index (χ1n) is 5.86. The molecule has 0 bridgehead atoms. The highest BCUT2D eigenvalue weighted by atomic mass is 16.2. The molecule has 0 aliphatic heterocycles. The topological polar surface area (TPSA) is 58.1 Å². The summed E-state index contributed by atoms with van der Waals surface area (Å²) in [6.07, 6.45) is 3.09. The predicted molar refractivity (Wildman–Crippen MR) is 68.0 cm³/mol. The highest BCUT2D eigenvalue weighted by Crippen LogP contribution is 2.05. The van der Waals surface area contributed by atoms with Crippen LogP contribution in [-0.4, -0.2) is 40.9 Å². The van der Waals surface area contributed by atoms with Crippen molar-refractivity contribution in [1.82, 2.24) is 14.9 Å². The second-order valence-electron chi connectivity index (χ2n) is 4.40. The van der Waals surface area contributed by atoms with Gasteiger partial charge in [-0.25, -0.2) is 9.97 Å². The summed E-state index contributed by atoms with van der Waals surface area (Å²) < 4.78 is 0. The number of hydrogen-bond acceptors (Lipinski definition) is 4. The van der Waals surface area contributed by atoms with E-state index in [4.69, 9.17) is 0 Å². The Morgan fingerprint density at radius 1 is 1.41 bits per heavy atom. The fourth-order valence-electron chi connectivity index (χ4n) is 1.54. The average Bonchev–Trinajstić information content (AvgIpc) is 2.28. The van der Waals surface area contributed by atoms with E-state index in [1.807, 2.05) is 6.92 Å². The summed E-state index contributed by atoms with van der Waals surface area (Å²) in [7, 11) is 1.78. The Morgan fingerprint density at radius 3 is 2.59 bits per heavy atom. The molecule has 0 atom stereocenters. The minimum absolute atomic E-state index is 0.0887. The zero-order chi connectivity index (χ0) is 12.8. The Hall–Kier alpha value is -1.65. The Morgan fingerprint density at radius 2 is 2.12 bits per heavy atom. The van der Waals surface area contributed by atoms with Crippen molar-refractivity contribution in [2.45, 2.75) is 20.8 Å². The molecule has 0 saturated heterocycles. The third-order valence-corrected chi connectivity index (χ3v) is 2.21. The maximum Gasteiger partial charge on any atom is 0.273 e. The molecule has 0 aliphatic rings. The Kier molecular flexibility index (Phi) is 4.87. The summed E-state index contributed by atoms with van der Waals surface area (Å²) in [5.74, 6) is 1.04. The maximum absolute atomic E-state index is 12.0. The van der Waals surface area contributed by atoms with Gasteiger partial charge in [0.15, 0.2) is 0 Å². The number of aromatic nitrogens is 2. The van der Waals surface area contributed by atoms with Crippen LogP contribution in [-0.2, 0) is 0 Å². The molecule has 1 heterocycles. The van der Waals surface area contributed by atoms with Crippen LogP contribution in [0.25, 0.3) is 0 Å². The van der Waals surface area contributed by atoms with Crippen molar-refractivity contribution in [2.75, 3.05) is 25.5 Å². The molecule has 0 spiro atoms. The molecule has 1 aromatic heterocycles. The molecule has 1 aromatic rings. The predicted octanol–water partition coefficient (Wildman–Crippen LogP) is 1.64. The first-order chi connectivity index (χ1) is 8.04. The van der Waals surface area contributed by atoms with Gasteiger partial charge in [0.25, 0.3) is 5.91 Å². The van der Waals surface area contributed by atoms with Crippen molar-refractivity contribution in [1.29, 1.82) is 0 Å². The van der Waals surface area contributed by atoms with Crippen LogP contribution in [0.2, 0.25) is 0 Å². The zero-order valence-electron chi connectivity index (χ0n) is 10.9. The molecule has 1 rings (SSSR count). The molecule has 1 amide bonds. The molecule has 5 heteroatoms. The molecule has 0 aliphatic carbocycles. The van der Waals surface area contributed by atoms with Gasteiger partial charge in [-0.05, 0) is 12.8 Å². The first kappa shape index (κ1) is 13.4. The molecular weight excluding hydrogens is 216 g/mol. The second-order valence-corrected chi connectivity index (χ2v) is 4.40. The van der Waals surface area contributed by atoms with E-state index in [-0.39, 0.29) is 5.91 Å². The van der Waals surface area contributed by atoms with Gasteiger partial charge in [-0.3, -0.25) is 4.79 Å². The summed E-state index contributed by atoms with van der Waals surface area (Å²) in [5, 5.41) is 3.04. The summed E-state index contributed by atoms with van der Waals surface area (Å²) in [6.45, 7) is 7.63. The number of amides is 1. The molecule has 0 unspecified atom stereocenters. The lowest BCUT2D eigenvalue weighted by atomic mass is 10.2. The third-order valence-electron chi connectivity index (χ3n) is 2.21. The van der Waals surface area contributed by atoms with Crippen LogP contribution in [0.5, 0.6) is 0 Å². The van der Waals surface area contributed by atoms with E-state index in [1.165, 1.54) is 6.20 Å². The minimum atomic E-state index is -0.0887. The van der Waals surface area contributed by atoms with E-state index in [2.05, 4.69) is 29.1 Å². The van der Waals surface area contributed by atoms with Crippen LogP contribution in [0.4, 0.5) is 5.82 Å². The van der Waals surface area contributed by atoms with Gasteiger partial charge in [0.05, 0.1) is 12.4 Å². The molecule has 1 N–H and O–H groups in total. The zero-order valence-corrected chi connectivity index (χ0v) is 10.9. The Bertz CT molecular complexity index is 361. The first-order valence-corrected chi connectivity index (χ1v) is 5.86. The van der Waals surface area contributed by atoms with Gasteiger partial charge < -0.3 is 10.2 Å². The van der Waals surface area contributed by atoms with Crippen LogP contribution in [0.1, 0.15) is 31.3 Å². The van der Waals surface area contributed by atoms with Crippen LogP contribution in [0, 0.1) is 5.92 Å². The number of hydrogen-bond donors (Lipinski definition) is 1. The SMILES string of the molecule is CCNc1cnc(C(=O)N(C)CC(C)C)cn1. The van der Waals surface area contributed by atoms with E-state index in [9.17, 15) is 4.79 Å². The normalized spacial score (nSPS) is 10.4. The fraction of sp³-hybridized carbons (Fsp3) is 0.583. The van der Waals surface area contributed by atoms with E-state index >= 15 is 0 Å². The van der Waals surface area contributed by atoms with Crippen molar-refractivity contribution in [2.24, 2.45) is 5.92 Å². The summed E-state index contributed by atoms with van der Waals surface area (Å²) in [4.78, 5) is 21.9. The van der Waals surface area contributed by atoms with Crippen molar-refractivity contribution in [3.8, 4) is 0 Å². The summed E-state index contributed by atoms with van der Waals surface area (Å²) >= 11 is 0. The van der Waals surface area contributed by atoms with Crippen molar-refractivity contribution >= 4 is 11.7 Å². The van der Waals surface area contributed by atoms with Gasteiger partial charge >= 0.3 is 0 Å². The molecular formula is C12H20N4O. The van der Waals surface area contributed by atoms with E-state index < -0.39 is 0 Å². The van der Waals surface area contributed by atoms with Crippen molar-refractivity contribution < 1.29 is 4.79 Å².